The lowest BCUT2D eigenvalue weighted by atomic mass is 10.0. The fourth-order valence-corrected chi connectivity index (χ4v) is 4.77. The van der Waals surface area contributed by atoms with Crippen molar-refractivity contribution in [2.75, 3.05) is 32.7 Å². The van der Waals surface area contributed by atoms with Gasteiger partial charge in [-0.2, -0.15) is 0 Å². The van der Waals surface area contributed by atoms with Gasteiger partial charge in [0.2, 0.25) is 5.91 Å². The lowest BCUT2D eigenvalue weighted by molar-refractivity contribution is -0.128. The minimum Gasteiger partial charge on any atom is -0.357 e. The number of rotatable bonds is 9. The Bertz CT molecular complexity index is 722. The van der Waals surface area contributed by atoms with Gasteiger partial charge in [0.1, 0.15) is 0 Å². The lowest BCUT2D eigenvalue weighted by Crippen LogP contribution is -2.49. The lowest BCUT2D eigenvalue weighted by Gasteiger charge is -2.34. The molecular weight excluding hydrogens is 398 g/mol. The van der Waals surface area contributed by atoms with E-state index in [0.717, 1.165) is 38.6 Å². The van der Waals surface area contributed by atoms with Crippen molar-refractivity contribution in [2.45, 2.75) is 78.4 Å². The predicted octanol–water partition coefficient (Wildman–Crippen LogP) is 3.76. The van der Waals surface area contributed by atoms with Crippen molar-refractivity contribution in [3.05, 3.63) is 35.4 Å². The molecule has 1 amide bonds. The Balaban J connectivity index is 1.54. The molecule has 0 aliphatic carbocycles. The molecule has 0 radical (unpaired) electrons. The second kappa shape index (κ2) is 12.8. The molecule has 2 heterocycles. The molecule has 0 bridgehead atoms. The van der Waals surface area contributed by atoms with Gasteiger partial charge in [-0.1, -0.05) is 51.0 Å². The molecule has 2 aliphatic heterocycles. The number of nitrogens with one attached hydrogen (secondary N) is 2. The summed E-state index contributed by atoms with van der Waals surface area (Å²) in [5, 5.41) is 7.01. The Hall–Kier alpha value is -2.08. The quantitative estimate of drug-likeness (QED) is 0.452. The third-order valence-electron chi connectivity index (χ3n) is 6.69. The Morgan fingerprint density at radius 1 is 0.969 bits per heavy atom. The maximum absolute atomic E-state index is 11.8. The molecule has 1 aromatic rings. The molecule has 6 heteroatoms. The SMILES string of the molecule is CCNC(=NCc1ccc(CN2CCCC2=O)cc1)NCC(C(C)C)N1CCCCCC1. The van der Waals surface area contributed by atoms with Crippen molar-refractivity contribution in [3.8, 4) is 0 Å². The van der Waals surface area contributed by atoms with Gasteiger partial charge in [-0.25, -0.2) is 4.99 Å². The highest BCUT2D eigenvalue weighted by Gasteiger charge is 2.23. The van der Waals surface area contributed by atoms with E-state index < -0.39 is 0 Å². The van der Waals surface area contributed by atoms with Crippen LogP contribution in [-0.4, -0.2) is 60.4 Å². The maximum atomic E-state index is 11.8. The molecule has 2 aliphatic rings. The van der Waals surface area contributed by atoms with E-state index >= 15 is 0 Å². The van der Waals surface area contributed by atoms with Crippen LogP contribution in [0.2, 0.25) is 0 Å². The van der Waals surface area contributed by atoms with Crippen molar-refractivity contribution in [1.82, 2.24) is 20.4 Å². The van der Waals surface area contributed by atoms with Crippen LogP contribution in [0.1, 0.15) is 70.4 Å². The van der Waals surface area contributed by atoms with E-state index in [0.29, 0.717) is 24.9 Å². The number of aliphatic imine (C=N–C) groups is 1. The number of carbonyl (C=O) groups excluding carboxylic acids is 1. The van der Waals surface area contributed by atoms with Gasteiger partial charge in [-0.05, 0) is 56.3 Å². The molecule has 178 valence electrons. The molecule has 1 aromatic carbocycles. The first-order valence-electron chi connectivity index (χ1n) is 12.7. The summed E-state index contributed by atoms with van der Waals surface area (Å²) in [6, 6.07) is 9.06. The minimum absolute atomic E-state index is 0.278. The van der Waals surface area contributed by atoms with Crippen molar-refractivity contribution in [2.24, 2.45) is 10.9 Å². The molecule has 3 rings (SSSR count). The molecule has 32 heavy (non-hydrogen) atoms. The zero-order valence-electron chi connectivity index (χ0n) is 20.4. The van der Waals surface area contributed by atoms with Gasteiger partial charge in [-0.15, -0.1) is 0 Å². The highest BCUT2D eigenvalue weighted by atomic mass is 16.2. The first-order chi connectivity index (χ1) is 15.6. The number of carbonyl (C=O) groups is 1. The summed E-state index contributed by atoms with van der Waals surface area (Å²) in [5.41, 5.74) is 2.38. The normalized spacial score (nSPS) is 19.3. The highest BCUT2D eigenvalue weighted by Crippen LogP contribution is 2.17. The smallest absolute Gasteiger partial charge is 0.222 e. The van der Waals surface area contributed by atoms with Crippen LogP contribution in [0.4, 0.5) is 0 Å². The molecule has 0 saturated carbocycles. The van der Waals surface area contributed by atoms with E-state index in [-0.39, 0.29) is 5.91 Å². The van der Waals surface area contributed by atoms with Crippen molar-refractivity contribution in [3.63, 3.8) is 0 Å². The third-order valence-corrected chi connectivity index (χ3v) is 6.69. The van der Waals surface area contributed by atoms with Crippen LogP contribution in [0.5, 0.6) is 0 Å². The van der Waals surface area contributed by atoms with Crippen LogP contribution < -0.4 is 10.6 Å². The largest absolute Gasteiger partial charge is 0.357 e. The molecule has 0 spiro atoms. The van der Waals surface area contributed by atoms with Crippen LogP contribution in [0.25, 0.3) is 0 Å². The molecule has 2 fully saturated rings. The summed E-state index contributed by atoms with van der Waals surface area (Å²) in [6.45, 7) is 13.2. The van der Waals surface area contributed by atoms with Crippen LogP contribution in [-0.2, 0) is 17.9 Å². The van der Waals surface area contributed by atoms with Crippen LogP contribution in [0, 0.1) is 5.92 Å². The monoisotopic (exact) mass is 441 g/mol. The molecule has 2 N–H and O–H groups in total. The first kappa shape index (κ1) is 24.6. The average Bonchev–Trinajstić information content (AvgIpc) is 3.01. The summed E-state index contributed by atoms with van der Waals surface area (Å²) in [6.07, 6.45) is 7.06. The second-order valence-electron chi connectivity index (χ2n) is 9.57. The average molecular weight is 442 g/mol. The summed E-state index contributed by atoms with van der Waals surface area (Å²) in [5.74, 6) is 1.78. The van der Waals surface area contributed by atoms with Crippen LogP contribution in [0.3, 0.4) is 0 Å². The van der Waals surface area contributed by atoms with E-state index in [1.165, 1.54) is 49.9 Å². The minimum atomic E-state index is 0.278. The van der Waals surface area contributed by atoms with Gasteiger partial charge >= 0.3 is 0 Å². The van der Waals surface area contributed by atoms with Gasteiger partial charge in [0.05, 0.1) is 6.54 Å². The number of nitrogens with zero attached hydrogens (tertiary/aromatic N) is 3. The fourth-order valence-electron chi connectivity index (χ4n) is 4.77. The zero-order chi connectivity index (χ0) is 22.8. The molecule has 1 unspecified atom stereocenters. The Morgan fingerprint density at radius 3 is 2.25 bits per heavy atom. The van der Waals surface area contributed by atoms with Gasteiger partial charge in [0, 0.05) is 38.6 Å². The van der Waals surface area contributed by atoms with E-state index in [2.05, 4.69) is 60.6 Å². The summed E-state index contributed by atoms with van der Waals surface area (Å²) < 4.78 is 0. The number of hydrogen-bond acceptors (Lipinski definition) is 3. The zero-order valence-corrected chi connectivity index (χ0v) is 20.4. The van der Waals surface area contributed by atoms with E-state index in [9.17, 15) is 4.79 Å². The van der Waals surface area contributed by atoms with Gasteiger partial charge < -0.3 is 15.5 Å². The third kappa shape index (κ3) is 7.51. The Labute approximate surface area is 194 Å². The summed E-state index contributed by atoms with van der Waals surface area (Å²) in [7, 11) is 0. The predicted molar refractivity (Wildman–Crippen MR) is 133 cm³/mol. The number of benzene rings is 1. The topological polar surface area (TPSA) is 60.0 Å². The fraction of sp³-hybridized carbons (Fsp3) is 0.692. The van der Waals surface area contributed by atoms with E-state index in [4.69, 9.17) is 4.99 Å². The molecule has 6 nitrogen and oxygen atoms in total. The molecule has 1 atom stereocenters. The molecule has 2 saturated heterocycles. The summed E-state index contributed by atoms with van der Waals surface area (Å²) >= 11 is 0. The van der Waals surface area contributed by atoms with Crippen molar-refractivity contribution < 1.29 is 4.79 Å². The summed E-state index contributed by atoms with van der Waals surface area (Å²) in [4.78, 5) is 21.3. The molecular formula is C26H43N5O. The maximum Gasteiger partial charge on any atom is 0.222 e. The van der Waals surface area contributed by atoms with E-state index in [1.807, 2.05) is 4.90 Å². The van der Waals surface area contributed by atoms with Crippen molar-refractivity contribution in [1.29, 1.82) is 0 Å². The van der Waals surface area contributed by atoms with Crippen LogP contribution in [0.15, 0.2) is 29.3 Å². The number of likely N-dealkylation sites (tertiary alicyclic amines) is 2. The van der Waals surface area contributed by atoms with Gasteiger partial charge in [0.25, 0.3) is 0 Å². The van der Waals surface area contributed by atoms with Crippen molar-refractivity contribution >= 4 is 11.9 Å². The van der Waals surface area contributed by atoms with Crippen LogP contribution >= 0.6 is 0 Å². The first-order valence-corrected chi connectivity index (χ1v) is 12.7. The Morgan fingerprint density at radius 2 is 1.66 bits per heavy atom. The number of amides is 1. The number of hydrogen-bond donors (Lipinski definition) is 2. The highest BCUT2D eigenvalue weighted by molar-refractivity contribution is 5.79. The Kier molecular flexibility index (Phi) is 9.85. The standard InChI is InChI=1S/C26H43N5O/c1-4-27-26(29-19-24(21(2)3)30-15-7-5-6-8-16-30)28-18-22-11-13-23(14-12-22)20-31-17-9-10-25(31)32/h11-14,21,24H,4-10,15-20H2,1-3H3,(H2,27,28,29). The second-order valence-corrected chi connectivity index (χ2v) is 9.57. The van der Waals surface area contributed by atoms with Gasteiger partial charge in [-0.3, -0.25) is 9.69 Å². The number of guanidine groups is 1. The van der Waals surface area contributed by atoms with E-state index in [1.54, 1.807) is 0 Å². The molecule has 0 aromatic heterocycles. The van der Waals surface area contributed by atoms with Gasteiger partial charge in [0.15, 0.2) is 5.96 Å².